The topological polar surface area (TPSA) is 101 Å². The fraction of sp³-hybridized carbons (Fsp3) is 0.200. The van der Waals surface area contributed by atoms with Gasteiger partial charge in [0, 0.05) is 11.9 Å². The second-order valence-corrected chi connectivity index (χ2v) is 5.66. The van der Waals surface area contributed by atoms with Crippen LogP contribution in [0.3, 0.4) is 0 Å². The molecule has 2 aromatic rings. The molecule has 122 valence electrons. The van der Waals surface area contributed by atoms with Gasteiger partial charge in [-0.05, 0) is 30.7 Å². The maximum absolute atomic E-state index is 11.6. The summed E-state index contributed by atoms with van der Waals surface area (Å²) in [4.78, 5) is 16.9. The highest BCUT2D eigenvalue weighted by atomic mass is 32.2. The number of carbonyl (C=O) groups is 1. The van der Waals surface area contributed by atoms with E-state index in [1.54, 1.807) is 19.2 Å². The van der Waals surface area contributed by atoms with E-state index in [-0.39, 0.29) is 0 Å². The number of anilines is 1. The van der Waals surface area contributed by atoms with Crippen LogP contribution in [0.25, 0.3) is 0 Å². The van der Waals surface area contributed by atoms with Gasteiger partial charge in [-0.25, -0.2) is 4.79 Å². The quantitative estimate of drug-likeness (QED) is 0.367. The first kappa shape index (κ1) is 17.1. The molecule has 0 aliphatic heterocycles. The molecule has 0 spiro atoms. The van der Waals surface area contributed by atoms with Crippen molar-refractivity contribution in [3.8, 4) is 5.75 Å². The van der Waals surface area contributed by atoms with E-state index in [1.165, 1.54) is 11.8 Å². The smallest absolute Gasteiger partial charge is 0.334 e. The third kappa shape index (κ3) is 4.85. The molecule has 1 aromatic carbocycles. The third-order valence-corrected chi connectivity index (χ3v) is 4.12. The lowest BCUT2D eigenvalue weighted by atomic mass is 10.3. The lowest BCUT2D eigenvalue weighted by molar-refractivity contribution is 0.248. The molecule has 23 heavy (non-hydrogen) atoms. The summed E-state index contributed by atoms with van der Waals surface area (Å²) in [5.74, 6) is 6.40. The fourth-order valence-electron chi connectivity index (χ4n) is 1.87. The predicted molar refractivity (Wildman–Crippen MR) is 91.0 cm³/mol. The normalized spacial score (nSPS) is 10.2. The minimum Gasteiger partial charge on any atom is -0.496 e. The first-order valence-corrected chi connectivity index (χ1v) is 7.86. The average molecular weight is 333 g/mol. The first-order chi connectivity index (χ1) is 11.1. The van der Waals surface area contributed by atoms with Crippen LogP contribution in [0.2, 0.25) is 0 Å². The van der Waals surface area contributed by atoms with Gasteiger partial charge >= 0.3 is 6.03 Å². The number of aromatic nitrogens is 1. The number of hydrazine groups is 2. The van der Waals surface area contributed by atoms with Gasteiger partial charge < -0.3 is 10.1 Å². The largest absolute Gasteiger partial charge is 0.496 e. The highest BCUT2D eigenvalue weighted by Crippen LogP contribution is 2.37. The molecular weight excluding hydrogens is 314 g/mol. The minimum atomic E-state index is -0.462. The lowest BCUT2D eigenvalue weighted by Gasteiger charge is -2.14. The molecule has 0 fully saturated rings. The molecule has 0 bridgehead atoms. The Morgan fingerprint density at radius 3 is 2.83 bits per heavy atom. The van der Waals surface area contributed by atoms with Crippen molar-refractivity contribution >= 4 is 23.5 Å². The SMILES string of the molecule is COc1cccc(NC(=O)NNN)c1SCc1ccc(C)cn1. The predicted octanol–water partition coefficient (Wildman–Crippen LogP) is 2.19. The molecule has 0 saturated carbocycles. The fourth-order valence-corrected chi connectivity index (χ4v) is 2.90. The first-order valence-electron chi connectivity index (χ1n) is 6.88. The Morgan fingerprint density at radius 1 is 1.35 bits per heavy atom. The number of hydrogen-bond acceptors (Lipinski definition) is 6. The summed E-state index contributed by atoms with van der Waals surface area (Å²) in [5.41, 5.74) is 7.04. The Hall–Kier alpha value is -2.29. The van der Waals surface area contributed by atoms with Crippen molar-refractivity contribution in [1.82, 2.24) is 15.9 Å². The molecule has 1 heterocycles. The Balaban J connectivity index is 2.17. The van der Waals surface area contributed by atoms with Crippen LogP contribution < -0.4 is 26.9 Å². The number of rotatable bonds is 6. The molecule has 8 heteroatoms. The van der Waals surface area contributed by atoms with Gasteiger partial charge in [0.25, 0.3) is 0 Å². The van der Waals surface area contributed by atoms with Gasteiger partial charge in [0.2, 0.25) is 0 Å². The number of nitrogens with two attached hydrogens (primary N) is 1. The maximum Gasteiger partial charge on any atom is 0.334 e. The van der Waals surface area contributed by atoms with Crippen molar-refractivity contribution in [3.05, 3.63) is 47.8 Å². The summed E-state index contributed by atoms with van der Waals surface area (Å²) < 4.78 is 5.38. The van der Waals surface area contributed by atoms with E-state index >= 15 is 0 Å². The summed E-state index contributed by atoms with van der Waals surface area (Å²) in [6.45, 7) is 2.00. The molecule has 2 rings (SSSR count). The second kappa shape index (κ2) is 8.37. The highest BCUT2D eigenvalue weighted by Gasteiger charge is 2.12. The second-order valence-electron chi connectivity index (χ2n) is 4.68. The van der Waals surface area contributed by atoms with E-state index in [4.69, 9.17) is 10.6 Å². The van der Waals surface area contributed by atoms with Gasteiger partial charge in [-0.3, -0.25) is 16.3 Å². The monoisotopic (exact) mass is 333 g/mol. The van der Waals surface area contributed by atoms with Crippen LogP contribution >= 0.6 is 11.8 Å². The Bertz CT molecular complexity index is 663. The van der Waals surface area contributed by atoms with Crippen molar-refractivity contribution in [1.29, 1.82) is 0 Å². The number of pyridine rings is 1. The van der Waals surface area contributed by atoms with Crippen LogP contribution in [0.5, 0.6) is 5.75 Å². The molecule has 1 aromatic heterocycles. The van der Waals surface area contributed by atoms with Crippen molar-refractivity contribution in [2.45, 2.75) is 17.6 Å². The van der Waals surface area contributed by atoms with Crippen LogP contribution in [0, 0.1) is 6.92 Å². The molecule has 0 aliphatic carbocycles. The molecule has 0 saturated heterocycles. The summed E-state index contributed by atoms with van der Waals surface area (Å²) in [6, 6.07) is 8.98. The number of benzene rings is 1. The molecule has 2 amide bonds. The maximum atomic E-state index is 11.6. The van der Waals surface area contributed by atoms with E-state index in [2.05, 4.69) is 21.3 Å². The van der Waals surface area contributed by atoms with E-state index in [1.807, 2.05) is 31.3 Å². The van der Waals surface area contributed by atoms with E-state index in [0.717, 1.165) is 16.2 Å². The number of carbonyl (C=O) groups excluding carboxylic acids is 1. The van der Waals surface area contributed by atoms with Crippen LogP contribution in [0.15, 0.2) is 41.4 Å². The molecule has 0 unspecified atom stereocenters. The van der Waals surface area contributed by atoms with Crippen molar-refractivity contribution < 1.29 is 9.53 Å². The minimum absolute atomic E-state index is 0.462. The lowest BCUT2D eigenvalue weighted by Crippen LogP contribution is -2.44. The Morgan fingerprint density at radius 2 is 2.17 bits per heavy atom. The van der Waals surface area contributed by atoms with E-state index in [9.17, 15) is 4.79 Å². The van der Waals surface area contributed by atoms with Gasteiger partial charge in [-0.15, -0.1) is 11.8 Å². The number of urea groups is 1. The van der Waals surface area contributed by atoms with E-state index < -0.39 is 6.03 Å². The number of aryl methyl sites for hydroxylation is 1. The van der Waals surface area contributed by atoms with Gasteiger partial charge in [-0.2, -0.15) is 5.53 Å². The molecule has 0 aliphatic rings. The van der Waals surface area contributed by atoms with Crippen molar-refractivity contribution in [2.24, 2.45) is 5.84 Å². The van der Waals surface area contributed by atoms with Gasteiger partial charge in [-0.1, -0.05) is 12.1 Å². The van der Waals surface area contributed by atoms with Crippen molar-refractivity contribution in [2.75, 3.05) is 12.4 Å². The van der Waals surface area contributed by atoms with Gasteiger partial charge in [0.1, 0.15) is 5.75 Å². The molecule has 0 atom stereocenters. The molecule has 5 N–H and O–H groups in total. The van der Waals surface area contributed by atoms with Crippen LogP contribution in [0.1, 0.15) is 11.3 Å². The molecule has 0 radical (unpaired) electrons. The molecule has 7 nitrogen and oxygen atoms in total. The number of ether oxygens (including phenoxy) is 1. The molecular formula is C15H19N5O2S. The summed E-state index contributed by atoms with van der Waals surface area (Å²) in [6.07, 6.45) is 1.83. The van der Waals surface area contributed by atoms with Crippen LogP contribution in [-0.2, 0) is 5.75 Å². The van der Waals surface area contributed by atoms with Crippen LogP contribution in [0.4, 0.5) is 10.5 Å². The summed E-state index contributed by atoms with van der Waals surface area (Å²) in [7, 11) is 1.59. The number of thioether (sulfide) groups is 1. The van der Waals surface area contributed by atoms with Gasteiger partial charge in [0.05, 0.1) is 23.4 Å². The Kier molecular flexibility index (Phi) is 6.21. The Labute approximate surface area is 138 Å². The number of amides is 2. The zero-order valence-electron chi connectivity index (χ0n) is 12.9. The zero-order chi connectivity index (χ0) is 16.7. The highest BCUT2D eigenvalue weighted by molar-refractivity contribution is 7.98. The average Bonchev–Trinajstić information content (AvgIpc) is 2.55. The van der Waals surface area contributed by atoms with Gasteiger partial charge in [0.15, 0.2) is 0 Å². The van der Waals surface area contributed by atoms with Crippen molar-refractivity contribution in [3.63, 3.8) is 0 Å². The standard InChI is InChI=1S/C15H19N5O2S/c1-10-6-7-11(17-8-10)9-23-14-12(18-15(21)19-20-16)4-3-5-13(14)22-2/h3-8,20H,9,16H2,1-2H3,(H2,18,19,21). The summed E-state index contributed by atoms with van der Waals surface area (Å²) >= 11 is 1.54. The number of nitrogens with one attached hydrogen (secondary N) is 3. The third-order valence-electron chi connectivity index (χ3n) is 2.97. The number of methoxy groups -OCH3 is 1. The van der Waals surface area contributed by atoms with Crippen LogP contribution in [-0.4, -0.2) is 18.1 Å². The zero-order valence-corrected chi connectivity index (χ0v) is 13.7. The number of hydrogen-bond donors (Lipinski definition) is 4. The van der Waals surface area contributed by atoms with E-state index in [0.29, 0.717) is 17.2 Å². The summed E-state index contributed by atoms with van der Waals surface area (Å²) in [5, 5.41) is 2.72. The number of nitrogens with zero attached hydrogens (tertiary/aromatic N) is 1.